The van der Waals surface area contributed by atoms with Gasteiger partial charge in [0.05, 0.1) is 18.6 Å². The summed E-state index contributed by atoms with van der Waals surface area (Å²) in [6.45, 7) is 3.09. The number of fused-ring (bicyclic) bond motifs is 1. The van der Waals surface area contributed by atoms with Gasteiger partial charge in [0.15, 0.2) is 11.5 Å². The molecule has 0 spiro atoms. The Morgan fingerprint density at radius 3 is 2.72 bits per heavy atom. The Kier molecular flexibility index (Phi) is 5.63. The average molecular weight is 359 g/mol. The average Bonchev–Trinajstić information content (AvgIpc) is 3.06. The smallest absolute Gasteiger partial charge is 0.263 e. The zero-order valence-corrected chi connectivity index (χ0v) is 15.9. The van der Waals surface area contributed by atoms with Crippen molar-refractivity contribution in [1.82, 2.24) is 4.90 Å². The molecule has 0 N–H and O–H groups in total. The Bertz CT molecular complexity index is 730. The lowest BCUT2D eigenvalue weighted by molar-refractivity contribution is 0.0789. The summed E-state index contributed by atoms with van der Waals surface area (Å²) in [6, 6.07) is 7.92. The van der Waals surface area contributed by atoms with Gasteiger partial charge in [-0.25, -0.2) is 0 Å². The molecule has 0 radical (unpaired) electrons. The van der Waals surface area contributed by atoms with Crippen molar-refractivity contribution in [3.05, 3.63) is 45.1 Å². The monoisotopic (exact) mass is 359 g/mol. The number of methoxy groups -OCH3 is 1. The molecule has 5 heteroatoms. The van der Waals surface area contributed by atoms with E-state index >= 15 is 0 Å². The fourth-order valence-electron chi connectivity index (χ4n) is 3.21. The molecule has 0 bridgehead atoms. The van der Waals surface area contributed by atoms with E-state index in [2.05, 4.69) is 6.07 Å². The minimum atomic E-state index is 0.0900. The maximum atomic E-state index is 12.8. The number of hydrogen-bond donors (Lipinski definition) is 0. The summed E-state index contributed by atoms with van der Waals surface area (Å²) in [4.78, 5) is 16.8. The fourth-order valence-corrected chi connectivity index (χ4v) is 4.46. The van der Waals surface area contributed by atoms with E-state index in [1.54, 1.807) is 23.3 Å². The molecule has 3 rings (SSSR count). The number of ether oxygens (including phenoxy) is 2. The van der Waals surface area contributed by atoms with Crippen LogP contribution in [-0.4, -0.2) is 31.6 Å². The number of nitrogens with zero attached hydrogens (tertiary/aromatic N) is 1. The van der Waals surface area contributed by atoms with Crippen molar-refractivity contribution in [3.63, 3.8) is 0 Å². The Hall–Kier alpha value is -2.01. The van der Waals surface area contributed by atoms with Gasteiger partial charge in [0.2, 0.25) is 0 Å². The van der Waals surface area contributed by atoms with Gasteiger partial charge in [-0.1, -0.05) is 6.07 Å². The molecule has 0 atom stereocenters. The van der Waals surface area contributed by atoms with Crippen molar-refractivity contribution in [2.24, 2.45) is 0 Å². The summed E-state index contributed by atoms with van der Waals surface area (Å²) in [5.41, 5.74) is 2.40. The molecule has 0 aliphatic heterocycles. The number of thiophene rings is 1. The Morgan fingerprint density at radius 2 is 2.00 bits per heavy atom. The zero-order valence-electron chi connectivity index (χ0n) is 15.1. The lowest BCUT2D eigenvalue weighted by atomic mass is 9.99. The minimum Gasteiger partial charge on any atom is -0.493 e. The van der Waals surface area contributed by atoms with Gasteiger partial charge in [0, 0.05) is 18.5 Å². The molecule has 2 aromatic rings. The van der Waals surface area contributed by atoms with Gasteiger partial charge in [-0.2, -0.15) is 0 Å². The number of amides is 1. The molecule has 1 aromatic carbocycles. The predicted molar refractivity (Wildman–Crippen MR) is 101 cm³/mol. The van der Waals surface area contributed by atoms with Crippen molar-refractivity contribution in [2.45, 2.75) is 39.2 Å². The molecular weight excluding hydrogens is 334 g/mol. The second kappa shape index (κ2) is 7.91. The van der Waals surface area contributed by atoms with Crippen LogP contribution in [0.2, 0.25) is 0 Å². The molecular formula is C20H25NO3S. The number of aryl methyl sites for hydroxylation is 2. The topological polar surface area (TPSA) is 38.8 Å². The SMILES string of the molecule is CCOc1ccc(CN(C)C(=O)c2cc3c(s2)CCCC3)cc1OC. The first-order chi connectivity index (χ1) is 12.1. The molecule has 0 unspecified atom stereocenters. The Morgan fingerprint density at radius 1 is 1.20 bits per heavy atom. The van der Waals surface area contributed by atoms with Crippen LogP contribution in [0.5, 0.6) is 11.5 Å². The highest BCUT2D eigenvalue weighted by molar-refractivity contribution is 7.14. The van der Waals surface area contributed by atoms with E-state index in [4.69, 9.17) is 9.47 Å². The lowest BCUT2D eigenvalue weighted by Gasteiger charge is -2.18. The zero-order chi connectivity index (χ0) is 17.8. The van der Waals surface area contributed by atoms with Gasteiger partial charge in [0.1, 0.15) is 0 Å². The molecule has 1 amide bonds. The number of rotatable bonds is 6. The van der Waals surface area contributed by atoms with Crippen LogP contribution < -0.4 is 9.47 Å². The van der Waals surface area contributed by atoms with Crippen LogP contribution in [0.1, 0.15) is 45.4 Å². The van der Waals surface area contributed by atoms with Crippen LogP contribution in [0.3, 0.4) is 0 Å². The van der Waals surface area contributed by atoms with Crippen molar-refractivity contribution >= 4 is 17.2 Å². The third-order valence-corrected chi connectivity index (χ3v) is 5.73. The largest absolute Gasteiger partial charge is 0.493 e. The molecule has 0 fully saturated rings. The summed E-state index contributed by atoms with van der Waals surface area (Å²) in [5.74, 6) is 1.52. The molecule has 25 heavy (non-hydrogen) atoms. The number of hydrogen-bond acceptors (Lipinski definition) is 4. The number of carbonyl (C=O) groups excluding carboxylic acids is 1. The van der Waals surface area contributed by atoms with Crippen molar-refractivity contribution in [3.8, 4) is 11.5 Å². The van der Waals surface area contributed by atoms with E-state index in [1.807, 2.05) is 32.2 Å². The summed E-state index contributed by atoms with van der Waals surface area (Å²) < 4.78 is 10.9. The maximum absolute atomic E-state index is 12.8. The van der Waals surface area contributed by atoms with Gasteiger partial charge < -0.3 is 14.4 Å². The molecule has 1 heterocycles. The molecule has 134 valence electrons. The van der Waals surface area contributed by atoms with Crippen LogP contribution in [-0.2, 0) is 19.4 Å². The van der Waals surface area contributed by atoms with Gasteiger partial charge in [-0.15, -0.1) is 11.3 Å². The standard InChI is InChI=1S/C20H25NO3S/c1-4-24-16-10-9-14(11-17(16)23-3)13-21(2)20(22)19-12-15-7-5-6-8-18(15)25-19/h9-12H,4-8,13H2,1-3H3. The van der Waals surface area contributed by atoms with Crippen LogP contribution in [0.25, 0.3) is 0 Å². The lowest BCUT2D eigenvalue weighted by Crippen LogP contribution is -2.25. The summed E-state index contributed by atoms with van der Waals surface area (Å²) in [5, 5.41) is 0. The van der Waals surface area contributed by atoms with E-state index < -0.39 is 0 Å². The van der Waals surface area contributed by atoms with Gasteiger partial charge in [-0.3, -0.25) is 4.79 Å². The molecule has 0 saturated heterocycles. The first kappa shape index (κ1) is 17.8. The van der Waals surface area contributed by atoms with E-state index in [0.29, 0.717) is 18.9 Å². The highest BCUT2D eigenvalue weighted by Crippen LogP contribution is 2.31. The van der Waals surface area contributed by atoms with Gasteiger partial charge >= 0.3 is 0 Å². The number of carbonyl (C=O) groups is 1. The van der Waals surface area contributed by atoms with Crippen LogP contribution >= 0.6 is 11.3 Å². The predicted octanol–water partition coefficient (Wildman–Crippen LogP) is 4.31. The highest BCUT2D eigenvalue weighted by Gasteiger charge is 2.20. The first-order valence-corrected chi connectivity index (χ1v) is 9.60. The molecule has 1 aromatic heterocycles. The molecule has 4 nitrogen and oxygen atoms in total. The van der Waals surface area contributed by atoms with E-state index in [-0.39, 0.29) is 5.91 Å². The van der Waals surface area contributed by atoms with Gasteiger partial charge in [-0.05, 0) is 61.9 Å². The summed E-state index contributed by atoms with van der Waals surface area (Å²) in [7, 11) is 3.48. The quantitative estimate of drug-likeness (QED) is 0.772. The van der Waals surface area contributed by atoms with Crippen molar-refractivity contribution < 1.29 is 14.3 Å². The Labute approximate surface area is 153 Å². The molecule has 1 aliphatic carbocycles. The van der Waals surface area contributed by atoms with Crippen LogP contribution in [0.4, 0.5) is 0 Å². The van der Waals surface area contributed by atoms with E-state index in [1.165, 1.54) is 23.3 Å². The summed E-state index contributed by atoms with van der Waals surface area (Å²) in [6.07, 6.45) is 4.70. The van der Waals surface area contributed by atoms with Crippen molar-refractivity contribution in [2.75, 3.05) is 20.8 Å². The van der Waals surface area contributed by atoms with Gasteiger partial charge in [0.25, 0.3) is 5.91 Å². The molecule has 0 saturated carbocycles. The third-order valence-electron chi connectivity index (χ3n) is 4.50. The normalized spacial score (nSPS) is 13.2. The highest BCUT2D eigenvalue weighted by atomic mass is 32.1. The van der Waals surface area contributed by atoms with Crippen molar-refractivity contribution in [1.29, 1.82) is 0 Å². The fraction of sp³-hybridized carbons (Fsp3) is 0.450. The summed E-state index contributed by atoms with van der Waals surface area (Å²) >= 11 is 1.66. The minimum absolute atomic E-state index is 0.0900. The maximum Gasteiger partial charge on any atom is 0.263 e. The number of benzene rings is 1. The van der Waals surface area contributed by atoms with E-state index in [0.717, 1.165) is 29.0 Å². The third kappa shape index (κ3) is 3.98. The first-order valence-electron chi connectivity index (χ1n) is 8.79. The second-order valence-electron chi connectivity index (χ2n) is 6.35. The molecule has 1 aliphatic rings. The van der Waals surface area contributed by atoms with Crippen LogP contribution in [0.15, 0.2) is 24.3 Å². The second-order valence-corrected chi connectivity index (χ2v) is 7.48. The van der Waals surface area contributed by atoms with E-state index in [9.17, 15) is 4.79 Å². The Balaban J connectivity index is 1.72. The van der Waals surface area contributed by atoms with Crippen LogP contribution in [0, 0.1) is 0 Å².